The van der Waals surface area contributed by atoms with Crippen LogP contribution >= 0.6 is 11.6 Å². The van der Waals surface area contributed by atoms with Crippen molar-refractivity contribution in [2.45, 2.75) is 19.4 Å². The molecular formula is C23H27ClN4O. The highest BCUT2D eigenvalue weighted by atomic mass is 35.5. The standard InChI is InChI=1S/C23H27ClN4O/c1-2-26-12-14-27(15-13-26)17-23(29)28-22(18-8-4-3-5-9-18)16-21(25-28)19-10-6-7-11-20(19)24/h3-11,22H,2,12-17H2,1H3/t22-/m1/s1. The molecule has 0 saturated carbocycles. The highest BCUT2D eigenvalue weighted by molar-refractivity contribution is 6.34. The van der Waals surface area contributed by atoms with Gasteiger partial charge in [0.25, 0.3) is 5.91 Å². The van der Waals surface area contributed by atoms with E-state index in [1.54, 1.807) is 5.01 Å². The van der Waals surface area contributed by atoms with Crippen LogP contribution in [0.15, 0.2) is 59.7 Å². The second kappa shape index (κ2) is 9.08. The fraction of sp³-hybridized carbons (Fsp3) is 0.391. The van der Waals surface area contributed by atoms with E-state index >= 15 is 0 Å². The number of carbonyl (C=O) groups is 1. The Morgan fingerprint density at radius 2 is 1.66 bits per heavy atom. The van der Waals surface area contributed by atoms with Gasteiger partial charge < -0.3 is 4.90 Å². The van der Waals surface area contributed by atoms with Gasteiger partial charge in [0.1, 0.15) is 0 Å². The minimum absolute atomic E-state index is 0.0471. The summed E-state index contributed by atoms with van der Waals surface area (Å²) in [5, 5.41) is 7.10. The molecule has 0 aliphatic carbocycles. The minimum Gasteiger partial charge on any atom is -0.301 e. The van der Waals surface area contributed by atoms with Crippen LogP contribution in [0.1, 0.15) is 30.5 Å². The third-order valence-electron chi connectivity index (χ3n) is 5.81. The molecule has 5 nitrogen and oxygen atoms in total. The van der Waals surface area contributed by atoms with Gasteiger partial charge in [0.2, 0.25) is 0 Å². The largest absolute Gasteiger partial charge is 0.301 e. The number of nitrogens with zero attached hydrogens (tertiary/aromatic N) is 4. The number of rotatable bonds is 5. The molecule has 29 heavy (non-hydrogen) atoms. The molecular weight excluding hydrogens is 384 g/mol. The number of likely N-dealkylation sites (N-methyl/N-ethyl adjacent to an activating group) is 1. The Kier molecular flexibility index (Phi) is 6.28. The molecule has 0 spiro atoms. The quantitative estimate of drug-likeness (QED) is 0.755. The Hall–Kier alpha value is -2.21. The first-order valence-corrected chi connectivity index (χ1v) is 10.7. The summed E-state index contributed by atoms with van der Waals surface area (Å²) in [6, 6.07) is 17.8. The van der Waals surface area contributed by atoms with E-state index in [0.717, 1.165) is 49.6 Å². The highest BCUT2D eigenvalue weighted by Crippen LogP contribution is 2.34. The molecule has 0 unspecified atom stereocenters. The van der Waals surface area contributed by atoms with Gasteiger partial charge in [-0.3, -0.25) is 9.69 Å². The number of hydrogen-bond acceptors (Lipinski definition) is 4. The molecule has 1 atom stereocenters. The number of halogens is 1. The predicted molar refractivity (Wildman–Crippen MR) is 117 cm³/mol. The van der Waals surface area contributed by atoms with E-state index in [4.69, 9.17) is 16.7 Å². The predicted octanol–water partition coefficient (Wildman–Crippen LogP) is 3.66. The van der Waals surface area contributed by atoms with Crippen LogP contribution in [0.4, 0.5) is 0 Å². The van der Waals surface area contributed by atoms with Gasteiger partial charge in [-0.2, -0.15) is 5.10 Å². The molecule has 0 aromatic heterocycles. The molecule has 4 rings (SSSR count). The summed E-state index contributed by atoms with van der Waals surface area (Å²) in [4.78, 5) is 17.9. The molecule has 2 heterocycles. The summed E-state index contributed by atoms with van der Waals surface area (Å²) >= 11 is 6.41. The molecule has 0 bridgehead atoms. The van der Waals surface area contributed by atoms with E-state index in [1.807, 2.05) is 42.5 Å². The molecule has 2 aliphatic rings. The zero-order valence-corrected chi connectivity index (χ0v) is 17.6. The Morgan fingerprint density at radius 1 is 1.00 bits per heavy atom. The van der Waals surface area contributed by atoms with Crippen LogP contribution in [0, 0.1) is 0 Å². The van der Waals surface area contributed by atoms with E-state index in [0.29, 0.717) is 18.0 Å². The number of carbonyl (C=O) groups excluding carboxylic acids is 1. The maximum Gasteiger partial charge on any atom is 0.257 e. The molecule has 2 aromatic rings. The van der Waals surface area contributed by atoms with E-state index in [-0.39, 0.29) is 11.9 Å². The van der Waals surface area contributed by atoms with E-state index < -0.39 is 0 Å². The van der Waals surface area contributed by atoms with Crippen LogP contribution in [0.2, 0.25) is 5.02 Å². The van der Waals surface area contributed by atoms with Crippen molar-refractivity contribution in [1.29, 1.82) is 0 Å². The average Bonchev–Trinajstić information content (AvgIpc) is 3.21. The van der Waals surface area contributed by atoms with Crippen LogP contribution in [0.5, 0.6) is 0 Å². The fourth-order valence-electron chi connectivity index (χ4n) is 4.06. The summed E-state index contributed by atoms with van der Waals surface area (Å²) in [5.41, 5.74) is 2.87. The van der Waals surface area contributed by atoms with Gasteiger partial charge >= 0.3 is 0 Å². The smallest absolute Gasteiger partial charge is 0.257 e. The topological polar surface area (TPSA) is 39.1 Å². The first kappa shape index (κ1) is 20.1. The lowest BCUT2D eigenvalue weighted by Gasteiger charge is -2.34. The van der Waals surface area contributed by atoms with Crippen molar-refractivity contribution in [3.05, 3.63) is 70.7 Å². The van der Waals surface area contributed by atoms with Crippen LogP contribution in [-0.4, -0.2) is 65.7 Å². The van der Waals surface area contributed by atoms with Crippen molar-refractivity contribution >= 4 is 23.2 Å². The molecule has 1 saturated heterocycles. The minimum atomic E-state index is -0.0908. The zero-order valence-electron chi connectivity index (χ0n) is 16.8. The SMILES string of the molecule is CCN1CCN(CC(=O)N2N=C(c3ccccc3Cl)C[C@@H]2c2ccccc2)CC1. The molecule has 2 aliphatic heterocycles. The lowest BCUT2D eigenvalue weighted by molar-refractivity contribution is -0.134. The van der Waals surface area contributed by atoms with Crippen molar-refractivity contribution < 1.29 is 4.79 Å². The third kappa shape index (κ3) is 4.53. The van der Waals surface area contributed by atoms with Crippen molar-refractivity contribution in [2.24, 2.45) is 5.10 Å². The van der Waals surface area contributed by atoms with Gasteiger partial charge in [0.05, 0.1) is 18.3 Å². The van der Waals surface area contributed by atoms with Crippen molar-refractivity contribution in [1.82, 2.24) is 14.8 Å². The summed E-state index contributed by atoms with van der Waals surface area (Å²) in [7, 11) is 0. The summed E-state index contributed by atoms with van der Waals surface area (Å²) in [6.07, 6.45) is 0.670. The molecule has 6 heteroatoms. The lowest BCUT2D eigenvalue weighted by atomic mass is 9.98. The van der Waals surface area contributed by atoms with Crippen LogP contribution in [0.3, 0.4) is 0 Å². The number of benzene rings is 2. The van der Waals surface area contributed by atoms with Crippen molar-refractivity contribution in [3.63, 3.8) is 0 Å². The average molecular weight is 411 g/mol. The number of piperazine rings is 1. The Bertz CT molecular complexity index is 877. The molecule has 152 valence electrons. The van der Waals surface area contributed by atoms with Crippen molar-refractivity contribution in [3.8, 4) is 0 Å². The maximum absolute atomic E-state index is 13.2. The lowest BCUT2D eigenvalue weighted by Crippen LogP contribution is -2.49. The van der Waals surface area contributed by atoms with Gasteiger partial charge in [0.15, 0.2) is 0 Å². The second-order valence-electron chi connectivity index (χ2n) is 7.61. The van der Waals surface area contributed by atoms with Gasteiger partial charge in [-0.25, -0.2) is 5.01 Å². The van der Waals surface area contributed by atoms with Gasteiger partial charge in [-0.15, -0.1) is 0 Å². The first-order chi connectivity index (χ1) is 14.2. The number of hydrogen-bond donors (Lipinski definition) is 0. The van der Waals surface area contributed by atoms with E-state index in [9.17, 15) is 4.79 Å². The van der Waals surface area contributed by atoms with Gasteiger partial charge in [0, 0.05) is 43.2 Å². The van der Waals surface area contributed by atoms with Crippen molar-refractivity contribution in [2.75, 3.05) is 39.3 Å². The zero-order chi connectivity index (χ0) is 20.2. The fourth-order valence-corrected chi connectivity index (χ4v) is 4.31. The number of amides is 1. The first-order valence-electron chi connectivity index (χ1n) is 10.3. The summed E-state index contributed by atoms with van der Waals surface area (Å²) in [6.45, 7) is 7.52. The molecule has 0 radical (unpaired) electrons. The van der Waals surface area contributed by atoms with Gasteiger partial charge in [-0.1, -0.05) is 67.1 Å². The highest BCUT2D eigenvalue weighted by Gasteiger charge is 2.34. The second-order valence-corrected chi connectivity index (χ2v) is 8.01. The molecule has 1 amide bonds. The summed E-state index contributed by atoms with van der Waals surface area (Å²) in [5.74, 6) is 0.0471. The van der Waals surface area contributed by atoms with Crippen LogP contribution in [-0.2, 0) is 4.79 Å². The summed E-state index contributed by atoms with van der Waals surface area (Å²) < 4.78 is 0. The molecule has 2 aromatic carbocycles. The molecule has 0 N–H and O–H groups in total. The molecule has 1 fully saturated rings. The third-order valence-corrected chi connectivity index (χ3v) is 6.14. The Morgan fingerprint density at radius 3 is 2.34 bits per heavy atom. The van der Waals surface area contributed by atoms with Gasteiger partial charge in [-0.05, 0) is 18.2 Å². The maximum atomic E-state index is 13.2. The number of hydrazone groups is 1. The normalized spacial score (nSPS) is 20.7. The Labute approximate surface area is 177 Å². The van der Waals surface area contributed by atoms with E-state index in [2.05, 4.69) is 28.9 Å². The monoisotopic (exact) mass is 410 g/mol. The van der Waals surface area contributed by atoms with E-state index in [1.165, 1.54) is 0 Å². The van der Waals surface area contributed by atoms with Crippen LogP contribution in [0.25, 0.3) is 0 Å². The van der Waals surface area contributed by atoms with Crippen LogP contribution < -0.4 is 0 Å². The Balaban J connectivity index is 1.55.